The van der Waals surface area contributed by atoms with Crippen LogP contribution < -0.4 is 10.9 Å². The van der Waals surface area contributed by atoms with E-state index in [0.717, 1.165) is 30.5 Å². The second kappa shape index (κ2) is 5.60. The quantitative estimate of drug-likeness (QED) is 0.906. The summed E-state index contributed by atoms with van der Waals surface area (Å²) in [6, 6.07) is 5.27. The van der Waals surface area contributed by atoms with Crippen molar-refractivity contribution in [2.24, 2.45) is 5.92 Å². The summed E-state index contributed by atoms with van der Waals surface area (Å²) in [7, 11) is 0. The molecule has 2 heterocycles. The molecule has 0 fully saturated rings. The van der Waals surface area contributed by atoms with Crippen LogP contribution in [0, 0.1) is 5.92 Å². The fourth-order valence-electron chi connectivity index (χ4n) is 2.73. The van der Waals surface area contributed by atoms with Crippen LogP contribution in [0.15, 0.2) is 33.7 Å². The molecule has 0 aliphatic heterocycles. The maximum Gasteiger partial charge on any atom is 0.261 e. The van der Waals surface area contributed by atoms with Gasteiger partial charge in [0, 0.05) is 5.69 Å². The van der Waals surface area contributed by atoms with E-state index in [0.29, 0.717) is 11.7 Å². The van der Waals surface area contributed by atoms with E-state index in [9.17, 15) is 9.59 Å². The van der Waals surface area contributed by atoms with E-state index in [2.05, 4.69) is 17.2 Å². The highest BCUT2D eigenvalue weighted by atomic mass is 16.3. The zero-order valence-electron chi connectivity index (χ0n) is 11.9. The molecule has 110 valence electrons. The van der Waals surface area contributed by atoms with Crippen LogP contribution in [0.2, 0.25) is 0 Å². The molecule has 0 spiro atoms. The van der Waals surface area contributed by atoms with Crippen molar-refractivity contribution >= 4 is 5.91 Å². The standard InChI is InChI=1S/C16H18N2O3/c1-10-4-5-14-11(7-10)8-13(16(20)18-14)15(19)17-9-12-3-2-6-21-12/h2-3,6,8,10H,4-5,7,9H2,1H3,(H,17,19)(H,18,20)/t10-/m0/s1. The van der Waals surface area contributed by atoms with Gasteiger partial charge < -0.3 is 14.7 Å². The van der Waals surface area contributed by atoms with Crippen molar-refractivity contribution in [2.45, 2.75) is 32.7 Å². The molecule has 0 radical (unpaired) electrons. The first-order valence-corrected chi connectivity index (χ1v) is 7.19. The number of aryl methyl sites for hydroxylation is 1. The summed E-state index contributed by atoms with van der Waals surface area (Å²) in [4.78, 5) is 27.0. The number of fused-ring (bicyclic) bond motifs is 1. The minimum Gasteiger partial charge on any atom is -0.467 e. The van der Waals surface area contributed by atoms with Crippen LogP contribution in [0.4, 0.5) is 0 Å². The number of nitrogens with one attached hydrogen (secondary N) is 2. The van der Waals surface area contributed by atoms with Crippen molar-refractivity contribution in [1.29, 1.82) is 0 Å². The van der Waals surface area contributed by atoms with Gasteiger partial charge in [-0.3, -0.25) is 9.59 Å². The fourth-order valence-corrected chi connectivity index (χ4v) is 2.73. The Balaban J connectivity index is 1.79. The van der Waals surface area contributed by atoms with E-state index in [4.69, 9.17) is 4.42 Å². The molecule has 1 aliphatic rings. The number of carbonyl (C=O) groups is 1. The van der Waals surface area contributed by atoms with Crippen LogP contribution >= 0.6 is 0 Å². The minimum atomic E-state index is -0.367. The first-order valence-electron chi connectivity index (χ1n) is 7.19. The molecule has 5 nitrogen and oxygen atoms in total. The van der Waals surface area contributed by atoms with Crippen LogP contribution in [0.5, 0.6) is 0 Å². The first-order chi connectivity index (χ1) is 10.1. The van der Waals surface area contributed by atoms with Crippen molar-refractivity contribution in [3.63, 3.8) is 0 Å². The summed E-state index contributed by atoms with van der Waals surface area (Å²) in [5.41, 5.74) is 1.91. The number of hydrogen-bond donors (Lipinski definition) is 2. The Labute approximate surface area is 122 Å². The average Bonchev–Trinajstić information content (AvgIpc) is 2.98. The summed E-state index contributed by atoms with van der Waals surface area (Å²) < 4.78 is 5.15. The number of hydrogen-bond acceptors (Lipinski definition) is 3. The minimum absolute atomic E-state index is 0.175. The van der Waals surface area contributed by atoms with Gasteiger partial charge in [-0.1, -0.05) is 6.92 Å². The van der Waals surface area contributed by atoms with E-state index in [1.54, 1.807) is 24.5 Å². The summed E-state index contributed by atoms with van der Waals surface area (Å²) >= 11 is 0. The van der Waals surface area contributed by atoms with E-state index < -0.39 is 0 Å². The summed E-state index contributed by atoms with van der Waals surface area (Å²) in [5.74, 6) is 0.877. The molecule has 0 saturated carbocycles. The predicted molar refractivity (Wildman–Crippen MR) is 78.1 cm³/mol. The third-order valence-electron chi connectivity index (χ3n) is 3.92. The molecule has 1 aliphatic carbocycles. The van der Waals surface area contributed by atoms with Gasteiger partial charge in [-0.15, -0.1) is 0 Å². The Morgan fingerprint density at radius 2 is 2.38 bits per heavy atom. The van der Waals surface area contributed by atoms with Gasteiger partial charge in [0.1, 0.15) is 11.3 Å². The lowest BCUT2D eigenvalue weighted by molar-refractivity contribution is 0.0946. The molecule has 2 aromatic rings. The molecule has 0 bridgehead atoms. The lowest BCUT2D eigenvalue weighted by Gasteiger charge is -2.21. The zero-order valence-corrected chi connectivity index (χ0v) is 11.9. The van der Waals surface area contributed by atoms with Gasteiger partial charge in [-0.25, -0.2) is 0 Å². The topological polar surface area (TPSA) is 75.1 Å². The number of aromatic nitrogens is 1. The zero-order chi connectivity index (χ0) is 14.8. The second-order valence-corrected chi connectivity index (χ2v) is 5.63. The summed E-state index contributed by atoms with van der Waals surface area (Å²) in [5, 5.41) is 2.71. The summed E-state index contributed by atoms with van der Waals surface area (Å²) in [6.07, 6.45) is 4.41. The lowest BCUT2D eigenvalue weighted by atomic mass is 9.87. The fraction of sp³-hybridized carbons (Fsp3) is 0.375. The largest absolute Gasteiger partial charge is 0.467 e. The third-order valence-corrected chi connectivity index (χ3v) is 3.92. The van der Waals surface area contributed by atoms with Gasteiger partial charge in [-0.05, 0) is 48.9 Å². The van der Waals surface area contributed by atoms with E-state index in [1.807, 2.05) is 0 Å². The lowest BCUT2D eigenvalue weighted by Crippen LogP contribution is -2.31. The molecule has 0 unspecified atom stereocenters. The van der Waals surface area contributed by atoms with Crippen molar-refractivity contribution in [3.8, 4) is 0 Å². The van der Waals surface area contributed by atoms with Crippen LogP contribution in [0.3, 0.4) is 0 Å². The Bertz CT molecular complexity index is 701. The highest BCUT2D eigenvalue weighted by Crippen LogP contribution is 2.23. The molecule has 0 saturated heterocycles. The predicted octanol–water partition coefficient (Wildman–Crippen LogP) is 2.02. The van der Waals surface area contributed by atoms with Gasteiger partial charge in [-0.2, -0.15) is 0 Å². The average molecular weight is 286 g/mol. The van der Waals surface area contributed by atoms with Crippen LogP contribution in [0.1, 0.15) is 40.7 Å². The highest BCUT2D eigenvalue weighted by Gasteiger charge is 2.20. The van der Waals surface area contributed by atoms with Crippen LogP contribution in [0.25, 0.3) is 0 Å². The number of furan rings is 1. The molecule has 0 aromatic carbocycles. The molecule has 3 rings (SSSR count). The normalized spacial score (nSPS) is 17.3. The van der Waals surface area contributed by atoms with Crippen LogP contribution in [-0.2, 0) is 19.4 Å². The number of pyridine rings is 1. The molecule has 1 atom stereocenters. The molecule has 1 amide bonds. The maximum atomic E-state index is 12.2. The number of aromatic amines is 1. The second-order valence-electron chi connectivity index (χ2n) is 5.63. The van der Waals surface area contributed by atoms with Crippen molar-refractivity contribution in [1.82, 2.24) is 10.3 Å². The summed E-state index contributed by atoms with van der Waals surface area (Å²) in [6.45, 7) is 2.46. The number of H-pyrrole nitrogens is 1. The molecule has 21 heavy (non-hydrogen) atoms. The van der Waals surface area contributed by atoms with Gasteiger partial charge >= 0.3 is 0 Å². The van der Waals surface area contributed by atoms with Gasteiger partial charge in [0.25, 0.3) is 11.5 Å². The van der Waals surface area contributed by atoms with Crippen molar-refractivity contribution < 1.29 is 9.21 Å². The van der Waals surface area contributed by atoms with Crippen molar-refractivity contribution in [3.05, 3.63) is 57.4 Å². The van der Waals surface area contributed by atoms with E-state index in [-0.39, 0.29) is 23.6 Å². The maximum absolute atomic E-state index is 12.2. The van der Waals surface area contributed by atoms with E-state index in [1.165, 1.54) is 0 Å². The highest BCUT2D eigenvalue weighted by molar-refractivity contribution is 5.93. The number of carbonyl (C=O) groups excluding carboxylic acids is 1. The third kappa shape index (κ3) is 2.91. The Kier molecular flexibility index (Phi) is 3.64. The van der Waals surface area contributed by atoms with Gasteiger partial charge in [0.2, 0.25) is 0 Å². The monoisotopic (exact) mass is 286 g/mol. The number of rotatable bonds is 3. The smallest absolute Gasteiger partial charge is 0.261 e. The van der Waals surface area contributed by atoms with Crippen molar-refractivity contribution in [2.75, 3.05) is 0 Å². The number of amides is 1. The van der Waals surface area contributed by atoms with Gasteiger partial charge in [0.05, 0.1) is 12.8 Å². The molecule has 2 N–H and O–H groups in total. The Morgan fingerprint density at radius 1 is 1.52 bits per heavy atom. The Morgan fingerprint density at radius 3 is 3.14 bits per heavy atom. The molecule has 5 heteroatoms. The molecular weight excluding hydrogens is 268 g/mol. The van der Waals surface area contributed by atoms with Crippen LogP contribution in [-0.4, -0.2) is 10.9 Å². The molecular formula is C16H18N2O3. The van der Waals surface area contributed by atoms with Gasteiger partial charge in [0.15, 0.2) is 0 Å². The van der Waals surface area contributed by atoms with E-state index >= 15 is 0 Å². The Hall–Kier alpha value is -2.30. The molecule has 2 aromatic heterocycles. The SMILES string of the molecule is C[C@H]1CCc2[nH]c(=O)c(C(=O)NCc3ccco3)cc2C1. The first kappa shape index (κ1) is 13.7.